The number of hydrogen-bond donors (Lipinski definition) is 1. The summed E-state index contributed by atoms with van der Waals surface area (Å²) in [6.07, 6.45) is 0. The van der Waals surface area contributed by atoms with Gasteiger partial charge in [-0.15, -0.1) is 11.3 Å². The molecule has 0 unspecified atom stereocenters. The number of thiophene rings is 1. The molecule has 0 saturated carbocycles. The molecule has 4 nitrogen and oxygen atoms in total. The van der Waals surface area contributed by atoms with Crippen LogP contribution in [0.3, 0.4) is 0 Å². The van der Waals surface area contributed by atoms with Gasteiger partial charge in [0.1, 0.15) is 0 Å². The third kappa shape index (κ3) is 3.82. The molecule has 0 aliphatic rings. The standard InChI is InChI=1S/C12H16ClN3OS2/c1-16(2)12-15-11(17-3)9(19-12)7-14-6-8-4-5-10(13)18-8/h4-5,14H,6-7H2,1-3H3. The van der Waals surface area contributed by atoms with Crippen molar-refractivity contribution in [3.8, 4) is 5.88 Å². The molecule has 2 heterocycles. The van der Waals surface area contributed by atoms with E-state index in [0.29, 0.717) is 5.88 Å². The Labute approximate surface area is 126 Å². The number of methoxy groups -OCH3 is 1. The lowest BCUT2D eigenvalue weighted by molar-refractivity contribution is 0.395. The van der Waals surface area contributed by atoms with Crippen LogP contribution >= 0.6 is 34.3 Å². The molecule has 0 fully saturated rings. The molecular formula is C12H16ClN3OS2. The number of ether oxygens (including phenoxy) is 1. The van der Waals surface area contributed by atoms with Gasteiger partial charge in [-0.05, 0) is 12.1 Å². The Morgan fingerprint density at radius 2 is 2.11 bits per heavy atom. The predicted molar refractivity (Wildman–Crippen MR) is 82.9 cm³/mol. The maximum Gasteiger partial charge on any atom is 0.230 e. The average molecular weight is 318 g/mol. The molecule has 1 N–H and O–H groups in total. The first-order valence-corrected chi connectivity index (χ1v) is 7.77. The number of thiazole rings is 1. The molecule has 0 aliphatic carbocycles. The van der Waals surface area contributed by atoms with Crippen LogP contribution in [0.15, 0.2) is 12.1 Å². The lowest BCUT2D eigenvalue weighted by Gasteiger charge is -2.05. The lowest BCUT2D eigenvalue weighted by Crippen LogP contribution is -2.11. The van der Waals surface area contributed by atoms with Crippen molar-refractivity contribution in [3.05, 3.63) is 26.2 Å². The van der Waals surface area contributed by atoms with Crippen LogP contribution in [0.25, 0.3) is 0 Å². The molecule has 19 heavy (non-hydrogen) atoms. The van der Waals surface area contributed by atoms with Gasteiger partial charge in [-0.1, -0.05) is 22.9 Å². The van der Waals surface area contributed by atoms with Crippen LogP contribution in [0.5, 0.6) is 5.88 Å². The van der Waals surface area contributed by atoms with E-state index in [2.05, 4.69) is 10.3 Å². The van der Waals surface area contributed by atoms with Crippen LogP contribution in [0, 0.1) is 0 Å². The summed E-state index contributed by atoms with van der Waals surface area (Å²) in [5.74, 6) is 0.699. The van der Waals surface area contributed by atoms with E-state index in [4.69, 9.17) is 16.3 Å². The second kappa shape index (κ2) is 6.56. The van der Waals surface area contributed by atoms with E-state index in [9.17, 15) is 0 Å². The lowest BCUT2D eigenvalue weighted by atomic mass is 10.4. The van der Waals surface area contributed by atoms with Crippen LogP contribution in [-0.2, 0) is 13.1 Å². The summed E-state index contributed by atoms with van der Waals surface area (Å²) in [7, 11) is 5.60. The first kappa shape index (κ1) is 14.6. The molecule has 2 rings (SSSR count). The Balaban J connectivity index is 1.95. The number of anilines is 1. The van der Waals surface area contributed by atoms with Gasteiger partial charge in [0.25, 0.3) is 0 Å². The number of halogens is 1. The van der Waals surface area contributed by atoms with Crippen LogP contribution in [0.1, 0.15) is 9.75 Å². The molecule has 0 aromatic carbocycles. The molecular weight excluding hydrogens is 302 g/mol. The monoisotopic (exact) mass is 317 g/mol. The topological polar surface area (TPSA) is 37.4 Å². The van der Waals surface area contributed by atoms with Gasteiger partial charge < -0.3 is 15.0 Å². The van der Waals surface area contributed by atoms with E-state index < -0.39 is 0 Å². The Morgan fingerprint density at radius 3 is 2.68 bits per heavy atom. The van der Waals surface area contributed by atoms with Gasteiger partial charge in [0.15, 0.2) is 5.13 Å². The number of nitrogens with zero attached hydrogens (tertiary/aromatic N) is 2. The number of aromatic nitrogens is 1. The van der Waals surface area contributed by atoms with Crippen LogP contribution in [-0.4, -0.2) is 26.2 Å². The summed E-state index contributed by atoms with van der Waals surface area (Å²) in [4.78, 5) is 8.73. The first-order chi connectivity index (χ1) is 9.10. The summed E-state index contributed by atoms with van der Waals surface area (Å²) < 4.78 is 6.12. The minimum atomic E-state index is 0.699. The maximum atomic E-state index is 5.90. The second-order valence-corrected chi connectivity index (χ2v) is 6.99. The number of nitrogens with one attached hydrogen (secondary N) is 1. The van der Waals surface area contributed by atoms with Gasteiger partial charge in [0, 0.05) is 32.1 Å². The molecule has 0 atom stereocenters. The molecule has 104 valence electrons. The zero-order valence-electron chi connectivity index (χ0n) is 11.1. The minimum absolute atomic E-state index is 0.699. The molecule has 0 amide bonds. The summed E-state index contributed by atoms with van der Waals surface area (Å²) in [6.45, 7) is 1.54. The molecule has 0 radical (unpaired) electrons. The second-order valence-electron chi connectivity index (χ2n) is 4.13. The van der Waals surface area contributed by atoms with E-state index in [1.54, 1.807) is 29.8 Å². The fraction of sp³-hybridized carbons (Fsp3) is 0.417. The van der Waals surface area contributed by atoms with Gasteiger partial charge in [-0.3, -0.25) is 0 Å². The molecule has 0 aliphatic heterocycles. The van der Waals surface area contributed by atoms with Crippen molar-refractivity contribution in [1.29, 1.82) is 0 Å². The van der Waals surface area contributed by atoms with Gasteiger partial charge in [0.05, 0.1) is 16.3 Å². The van der Waals surface area contributed by atoms with E-state index >= 15 is 0 Å². The highest BCUT2D eigenvalue weighted by atomic mass is 35.5. The molecule has 2 aromatic rings. The van der Waals surface area contributed by atoms with Crippen molar-refractivity contribution in [2.24, 2.45) is 0 Å². The van der Waals surface area contributed by atoms with E-state index in [0.717, 1.165) is 27.4 Å². The zero-order valence-corrected chi connectivity index (χ0v) is 13.5. The zero-order chi connectivity index (χ0) is 13.8. The normalized spacial score (nSPS) is 10.7. The van der Waals surface area contributed by atoms with Crippen LogP contribution in [0.4, 0.5) is 5.13 Å². The smallest absolute Gasteiger partial charge is 0.230 e. The SMILES string of the molecule is COc1nc(N(C)C)sc1CNCc1ccc(Cl)s1. The first-order valence-electron chi connectivity index (χ1n) is 5.76. The summed E-state index contributed by atoms with van der Waals surface area (Å²) >= 11 is 9.13. The Bertz CT molecular complexity index is 539. The van der Waals surface area contributed by atoms with Gasteiger partial charge in [-0.25, -0.2) is 0 Å². The largest absolute Gasteiger partial charge is 0.480 e. The minimum Gasteiger partial charge on any atom is -0.480 e. The van der Waals surface area contributed by atoms with Gasteiger partial charge in [-0.2, -0.15) is 4.98 Å². The fourth-order valence-electron chi connectivity index (χ4n) is 1.53. The Hall–Kier alpha value is -0.820. The Kier molecular flexibility index (Phi) is 5.04. The average Bonchev–Trinajstić information content (AvgIpc) is 2.96. The van der Waals surface area contributed by atoms with Crippen molar-refractivity contribution in [2.75, 3.05) is 26.1 Å². The highest BCUT2D eigenvalue weighted by Gasteiger charge is 2.12. The predicted octanol–water partition coefficient (Wildman–Crippen LogP) is 3.22. The maximum absolute atomic E-state index is 5.90. The molecule has 0 bridgehead atoms. The van der Waals surface area contributed by atoms with Crippen molar-refractivity contribution in [3.63, 3.8) is 0 Å². The van der Waals surface area contributed by atoms with Gasteiger partial charge >= 0.3 is 0 Å². The summed E-state index contributed by atoms with van der Waals surface area (Å²) in [5.41, 5.74) is 0. The summed E-state index contributed by atoms with van der Waals surface area (Å²) in [5, 5.41) is 4.33. The summed E-state index contributed by atoms with van der Waals surface area (Å²) in [6, 6.07) is 3.95. The van der Waals surface area contributed by atoms with Crippen LogP contribution < -0.4 is 15.0 Å². The van der Waals surface area contributed by atoms with Crippen molar-refractivity contribution >= 4 is 39.4 Å². The molecule has 7 heteroatoms. The van der Waals surface area contributed by atoms with Crippen molar-refractivity contribution in [1.82, 2.24) is 10.3 Å². The highest BCUT2D eigenvalue weighted by Crippen LogP contribution is 2.30. The van der Waals surface area contributed by atoms with E-state index in [-0.39, 0.29) is 0 Å². The molecule has 0 spiro atoms. The van der Waals surface area contributed by atoms with Crippen molar-refractivity contribution < 1.29 is 4.74 Å². The fourth-order valence-corrected chi connectivity index (χ4v) is 3.51. The quantitative estimate of drug-likeness (QED) is 0.887. The van der Waals surface area contributed by atoms with Crippen LogP contribution in [0.2, 0.25) is 4.34 Å². The molecule has 2 aromatic heterocycles. The van der Waals surface area contributed by atoms with E-state index in [1.165, 1.54) is 4.88 Å². The van der Waals surface area contributed by atoms with Crippen molar-refractivity contribution in [2.45, 2.75) is 13.1 Å². The number of hydrogen-bond acceptors (Lipinski definition) is 6. The van der Waals surface area contributed by atoms with E-state index in [1.807, 2.05) is 31.1 Å². The highest BCUT2D eigenvalue weighted by molar-refractivity contribution is 7.16. The Morgan fingerprint density at radius 1 is 1.32 bits per heavy atom. The number of rotatable bonds is 6. The van der Waals surface area contributed by atoms with Gasteiger partial charge in [0.2, 0.25) is 5.88 Å². The third-order valence-electron chi connectivity index (χ3n) is 2.44. The molecule has 0 saturated heterocycles. The third-order valence-corrected chi connectivity index (χ3v) is 4.88.